The second-order valence-corrected chi connectivity index (χ2v) is 10.8. The topological polar surface area (TPSA) is 9.23 Å². The van der Waals surface area contributed by atoms with E-state index in [0.717, 1.165) is 6.42 Å². The van der Waals surface area contributed by atoms with Crippen molar-refractivity contribution in [3.05, 3.63) is 39.0 Å². The first-order chi connectivity index (χ1) is 7.46. The van der Waals surface area contributed by atoms with Crippen LogP contribution in [0.3, 0.4) is 0 Å². The molecule has 0 spiro atoms. The van der Waals surface area contributed by atoms with Gasteiger partial charge < -0.3 is 4.43 Å². The van der Waals surface area contributed by atoms with Crippen molar-refractivity contribution in [2.75, 3.05) is 0 Å². The van der Waals surface area contributed by atoms with Crippen molar-refractivity contribution in [1.82, 2.24) is 0 Å². The van der Waals surface area contributed by atoms with Gasteiger partial charge in [-0.05, 0) is 71.9 Å². The summed E-state index contributed by atoms with van der Waals surface area (Å²) in [4.78, 5) is 0. The molecule has 0 heterocycles. The minimum absolute atomic E-state index is 0.267. The van der Waals surface area contributed by atoms with E-state index in [1.54, 1.807) is 0 Å². The van der Waals surface area contributed by atoms with E-state index >= 15 is 0 Å². The third kappa shape index (κ3) is 2.96. The highest BCUT2D eigenvalue weighted by Crippen LogP contribution is 2.33. The van der Waals surface area contributed by atoms with Crippen LogP contribution >= 0.6 is 22.6 Å². The van der Waals surface area contributed by atoms with Gasteiger partial charge in [0.25, 0.3) is 0 Å². The fourth-order valence-corrected chi connectivity index (χ4v) is 3.56. The van der Waals surface area contributed by atoms with Crippen molar-refractivity contribution >= 4 is 37.0 Å². The number of hydrogen-bond donors (Lipinski definition) is 0. The van der Waals surface area contributed by atoms with Crippen LogP contribution in [-0.2, 0) is 4.43 Å². The summed E-state index contributed by atoms with van der Waals surface area (Å²) >= 11 is 2.36. The Labute approximate surface area is 112 Å². The van der Waals surface area contributed by atoms with E-state index in [1.165, 1.54) is 14.7 Å². The Bertz CT molecular complexity index is 420. The Hall–Kier alpha value is -0.133. The van der Waals surface area contributed by atoms with Crippen molar-refractivity contribution < 1.29 is 4.43 Å². The highest BCUT2D eigenvalue weighted by molar-refractivity contribution is 14.1. The molecule has 0 aliphatic heterocycles. The maximum Gasteiger partial charge on any atom is 0.184 e. The van der Waals surface area contributed by atoms with Crippen LogP contribution in [0.4, 0.5) is 0 Å². The maximum atomic E-state index is 6.23. The first-order valence-electron chi connectivity index (χ1n) is 5.59. The number of fused-ring (bicyclic) bond motifs is 1. The number of halogens is 1. The van der Waals surface area contributed by atoms with Crippen LogP contribution in [0.5, 0.6) is 0 Å². The zero-order chi connectivity index (χ0) is 11.8. The summed E-state index contributed by atoms with van der Waals surface area (Å²) in [6, 6.07) is 6.61. The van der Waals surface area contributed by atoms with Crippen molar-refractivity contribution in [3.8, 4) is 0 Å². The van der Waals surface area contributed by atoms with Crippen molar-refractivity contribution in [3.63, 3.8) is 0 Å². The lowest BCUT2D eigenvalue weighted by atomic mass is 9.95. The van der Waals surface area contributed by atoms with Crippen LogP contribution in [0, 0.1) is 3.57 Å². The summed E-state index contributed by atoms with van der Waals surface area (Å²) in [6.07, 6.45) is 5.71. The molecule has 1 nitrogen and oxygen atoms in total. The molecule has 1 aromatic carbocycles. The fourth-order valence-electron chi connectivity index (χ4n) is 1.97. The molecule has 2 rings (SSSR count). The summed E-state index contributed by atoms with van der Waals surface area (Å²) in [7, 11) is -1.46. The molecule has 86 valence electrons. The van der Waals surface area contributed by atoms with Gasteiger partial charge in [-0.1, -0.05) is 18.2 Å². The van der Waals surface area contributed by atoms with Gasteiger partial charge in [-0.3, -0.25) is 0 Å². The number of hydrogen-bond acceptors (Lipinski definition) is 1. The van der Waals surface area contributed by atoms with Crippen molar-refractivity contribution in [1.29, 1.82) is 0 Å². The van der Waals surface area contributed by atoms with Gasteiger partial charge >= 0.3 is 0 Å². The summed E-state index contributed by atoms with van der Waals surface area (Å²) in [6.45, 7) is 6.74. The van der Waals surface area contributed by atoms with Crippen molar-refractivity contribution in [2.45, 2.75) is 32.2 Å². The SMILES string of the molecule is C[Si](C)(C)OC1CC=Cc2cc(I)ccc21. The van der Waals surface area contributed by atoms with Gasteiger partial charge in [-0.2, -0.15) is 0 Å². The van der Waals surface area contributed by atoms with Gasteiger partial charge in [0.2, 0.25) is 0 Å². The zero-order valence-corrected chi connectivity index (χ0v) is 13.1. The molecule has 0 amide bonds. The van der Waals surface area contributed by atoms with Gasteiger partial charge in [0.1, 0.15) is 0 Å². The average Bonchev–Trinajstić information content (AvgIpc) is 2.15. The summed E-state index contributed by atoms with van der Waals surface area (Å²) in [5.41, 5.74) is 2.67. The van der Waals surface area contributed by atoms with Crippen LogP contribution < -0.4 is 0 Å². The Morgan fingerprint density at radius 1 is 1.31 bits per heavy atom. The van der Waals surface area contributed by atoms with Crippen LogP contribution in [0.2, 0.25) is 19.6 Å². The Balaban J connectivity index is 2.30. The summed E-state index contributed by atoms with van der Waals surface area (Å²) < 4.78 is 7.52. The number of rotatable bonds is 2. The lowest BCUT2D eigenvalue weighted by Crippen LogP contribution is -2.28. The van der Waals surface area contributed by atoms with Crippen LogP contribution in [0.1, 0.15) is 23.7 Å². The van der Waals surface area contributed by atoms with Crippen LogP contribution in [0.25, 0.3) is 6.08 Å². The zero-order valence-electron chi connectivity index (χ0n) is 9.96. The van der Waals surface area contributed by atoms with E-state index in [4.69, 9.17) is 4.43 Å². The van der Waals surface area contributed by atoms with E-state index in [9.17, 15) is 0 Å². The second kappa shape index (κ2) is 4.62. The van der Waals surface area contributed by atoms with Gasteiger partial charge in [-0.15, -0.1) is 0 Å². The Morgan fingerprint density at radius 2 is 2.06 bits per heavy atom. The molecule has 3 heteroatoms. The quantitative estimate of drug-likeness (QED) is 0.563. The summed E-state index contributed by atoms with van der Waals surface area (Å²) in [5.74, 6) is 0. The van der Waals surface area contributed by atoms with Gasteiger partial charge in [0.05, 0.1) is 6.10 Å². The van der Waals surface area contributed by atoms with Gasteiger partial charge in [-0.25, -0.2) is 0 Å². The molecule has 1 aliphatic carbocycles. The molecule has 1 aliphatic rings. The fraction of sp³-hybridized carbons (Fsp3) is 0.385. The normalized spacial score (nSPS) is 19.6. The Morgan fingerprint density at radius 3 is 2.75 bits per heavy atom. The third-order valence-electron chi connectivity index (χ3n) is 2.54. The van der Waals surface area contributed by atoms with E-state index in [-0.39, 0.29) is 6.10 Å². The molecule has 0 aromatic heterocycles. The molecular weight excluding hydrogens is 327 g/mol. The standard InChI is InChI=1S/C13H17IOSi/c1-16(2,3)15-13-6-4-5-10-9-11(14)7-8-12(10)13/h4-5,7-9,13H,6H2,1-3H3. The lowest BCUT2D eigenvalue weighted by molar-refractivity contribution is 0.200. The molecule has 0 saturated carbocycles. The second-order valence-electron chi connectivity index (χ2n) is 5.13. The highest BCUT2D eigenvalue weighted by atomic mass is 127. The molecule has 0 radical (unpaired) electrons. The minimum atomic E-state index is -1.46. The highest BCUT2D eigenvalue weighted by Gasteiger charge is 2.24. The Kier molecular flexibility index (Phi) is 3.56. The molecule has 1 aromatic rings. The van der Waals surface area contributed by atoms with Crippen LogP contribution in [-0.4, -0.2) is 8.32 Å². The van der Waals surface area contributed by atoms with E-state index in [2.05, 4.69) is 72.6 Å². The van der Waals surface area contributed by atoms with Gasteiger partial charge in [0.15, 0.2) is 8.32 Å². The van der Waals surface area contributed by atoms with E-state index in [1.807, 2.05) is 0 Å². The minimum Gasteiger partial charge on any atom is -0.410 e. The first-order valence-corrected chi connectivity index (χ1v) is 10.1. The molecule has 1 atom stereocenters. The van der Waals surface area contributed by atoms with Crippen LogP contribution in [0.15, 0.2) is 24.3 Å². The predicted octanol–water partition coefficient (Wildman–Crippen LogP) is 4.60. The van der Waals surface area contributed by atoms with E-state index < -0.39 is 8.32 Å². The van der Waals surface area contributed by atoms with E-state index in [0.29, 0.717) is 0 Å². The predicted molar refractivity (Wildman–Crippen MR) is 80.0 cm³/mol. The monoisotopic (exact) mass is 344 g/mol. The molecule has 0 saturated heterocycles. The molecule has 0 fully saturated rings. The third-order valence-corrected chi connectivity index (χ3v) is 4.20. The first kappa shape index (κ1) is 12.3. The largest absolute Gasteiger partial charge is 0.410 e. The lowest BCUT2D eigenvalue weighted by Gasteiger charge is -2.29. The molecule has 0 bridgehead atoms. The number of benzene rings is 1. The molecule has 16 heavy (non-hydrogen) atoms. The average molecular weight is 344 g/mol. The summed E-state index contributed by atoms with van der Waals surface area (Å²) in [5, 5.41) is 0. The molecule has 0 N–H and O–H groups in total. The molecular formula is C13H17IOSi. The molecule has 1 unspecified atom stereocenters. The van der Waals surface area contributed by atoms with Gasteiger partial charge in [0, 0.05) is 3.57 Å². The van der Waals surface area contributed by atoms with Crippen molar-refractivity contribution in [2.24, 2.45) is 0 Å². The smallest absolute Gasteiger partial charge is 0.184 e. The maximum absolute atomic E-state index is 6.23.